The van der Waals surface area contributed by atoms with Gasteiger partial charge in [-0.3, -0.25) is 0 Å². The number of aryl methyl sites for hydroxylation is 2. The van der Waals surface area contributed by atoms with Crippen LogP contribution in [0.3, 0.4) is 0 Å². The van der Waals surface area contributed by atoms with Crippen LogP contribution in [-0.4, -0.2) is 44.2 Å². The van der Waals surface area contributed by atoms with Gasteiger partial charge in [0.05, 0.1) is 13.2 Å². The lowest BCUT2D eigenvalue weighted by Gasteiger charge is -2.07. The molecule has 0 amide bonds. The van der Waals surface area contributed by atoms with E-state index in [2.05, 4.69) is 19.1 Å². The molecule has 0 saturated carbocycles. The van der Waals surface area contributed by atoms with Crippen LogP contribution in [0.1, 0.15) is 17.5 Å². The van der Waals surface area contributed by atoms with Crippen molar-refractivity contribution < 1.29 is 27.8 Å². The van der Waals surface area contributed by atoms with Crippen LogP contribution in [0.4, 0.5) is 0 Å². The second kappa shape index (κ2) is 12.7. The number of hydrogen-bond acceptors (Lipinski definition) is 5. The Kier molecular flexibility index (Phi) is 10.5. The number of aliphatic carboxylic acids is 1. The molecular weight excluding hydrogens is 368 g/mol. The van der Waals surface area contributed by atoms with E-state index in [0.29, 0.717) is 6.61 Å². The summed E-state index contributed by atoms with van der Waals surface area (Å²) in [5.41, 5.74) is 2.46. The second-order valence-electron chi connectivity index (χ2n) is 5.64. The molecule has 0 aromatic heterocycles. The summed E-state index contributed by atoms with van der Waals surface area (Å²) < 4.78 is 31.7. The molecule has 0 aliphatic rings. The van der Waals surface area contributed by atoms with Crippen LogP contribution in [0.15, 0.2) is 54.6 Å². The van der Waals surface area contributed by atoms with Gasteiger partial charge in [0.15, 0.2) is 4.86 Å². The minimum Gasteiger partial charge on any atom is -0.491 e. The molecule has 0 saturated heterocycles. The van der Waals surface area contributed by atoms with Gasteiger partial charge in [-0.15, -0.1) is 0 Å². The standard InChI is InChI=1S/C13H16O6S.C7H8/c1-10-2-4-11(5-3-10)19-9-8-18-7-6-12(13(14)15)20(16)17;1-7-5-3-2-4-6-7/h2-5H,6-9H2,1H3,(H,14,15);2-6H,1H3. The minimum atomic E-state index is -2.72. The van der Waals surface area contributed by atoms with E-state index in [-0.39, 0.29) is 19.6 Å². The molecule has 146 valence electrons. The lowest BCUT2D eigenvalue weighted by atomic mass is 10.2. The zero-order valence-electron chi connectivity index (χ0n) is 15.4. The predicted octanol–water partition coefficient (Wildman–Crippen LogP) is 2.91. The van der Waals surface area contributed by atoms with E-state index >= 15 is 0 Å². The molecule has 0 unspecified atom stereocenters. The molecule has 0 aliphatic heterocycles. The zero-order chi connectivity index (χ0) is 20.1. The van der Waals surface area contributed by atoms with E-state index in [0.717, 1.165) is 11.3 Å². The molecule has 0 spiro atoms. The number of hydrogen-bond donors (Lipinski definition) is 1. The maximum Gasteiger partial charge on any atom is 0.347 e. The van der Waals surface area contributed by atoms with Gasteiger partial charge in [0, 0.05) is 6.42 Å². The summed E-state index contributed by atoms with van der Waals surface area (Å²) in [4.78, 5) is 9.98. The van der Waals surface area contributed by atoms with E-state index in [1.165, 1.54) is 5.56 Å². The van der Waals surface area contributed by atoms with Crippen molar-refractivity contribution in [3.63, 3.8) is 0 Å². The van der Waals surface area contributed by atoms with Gasteiger partial charge in [-0.05, 0) is 26.0 Å². The quantitative estimate of drug-likeness (QED) is 0.549. The summed E-state index contributed by atoms with van der Waals surface area (Å²) in [6.45, 7) is 4.65. The number of carboxylic acid groups (broad SMARTS) is 1. The first kappa shape index (κ1) is 22.4. The first-order valence-corrected chi connectivity index (χ1v) is 9.45. The Bertz CT molecular complexity index is 819. The van der Waals surface area contributed by atoms with Crippen molar-refractivity contribution in [2.45, 2.75) is 20.3 Å². The summed E-state index contributed by atoms with van der Waals surface area (Å²) >= 11 is 0. The molecule has 2 rings (SSSR count). The highest BCUT2D eigenvalue weighted by Gasteiger charge is 2.10. The molecule has 1 N–H and O–H groups in total. The lowest BCUT2D eigenvalue weighted by Crippen LogP contribution is -2.17. The van der Waals surface area contributed by atoms with Crippen LogP contribution in [0.25, 0.3) is 0 Å². The van der Waals surface area contributed by atoms with Gasteiger partial charge in [0.25, 0.3) is 0 Å². The normalized spacial score (nSPS) is 9.70. The molecule has 0 atom stereocenters. The Morgan fingerprint density at radius 3 is 1.96 bits per heavy atom. The van der Waals surface area contributed by atoms with Crippen LogP contribution in [0, 0.1) is 13.8 Å². The number of carbonyl (C=O) groups is 1. The third-order valence-electron chi connectivity index (χ3n) is 3.37. The van der Waals surface area contributed by atoms with E-state index in [1.54, 1.807) is 0 Å². The first-order chi connectivity index (χ1) is 12.9. The summed E-state index contributed by atoms with van der Waals surface area (Å²) in [6, 6.07) is 17.8. The second-order valence-corrected chi connectivity index (χ2v) is 6.60. The molecule has 0 fully saturated rings. The molecule has 2 aromatic carbocycles. The average Bonchev–Trinajstić information content (AvgIpc) is 2.63. The summed E-state index contributed by atoms with van der Waals surface area (Å²) in [7, 11) is -2.72. The fraction of sp³-hybridized carbons (Fsp3) is 0.300. The number of carboxylic acids is 1. The monoisotopic (exact) mass is 392 g/mol. The van der Waals surface area contributed by atoms with Crippen LogP contribution in [0.5, 0.6) is 5.75 Å². The largest absolute Gasteiger partial charge is 0.491 e. The van der Waals surface area contributed by atoms with Gasteiger partial charge in [0.2, 0.25) is 10.3 Å². The Balaban J connectivity index is 0.000000433. The zero-order valence-corrected chi connectivity index (χ0v) is 16.2. The van der Waals surface area contributed by atoms with Crippen LogP contribution in [0.2, 0.25) is 0 Å². The predicted molar refractivity (Wildman–Crippen MR) is 105 cm³/mol. The molecule has 2 aromatic rings. The number of ether oxygens (including phenoxy) is 2. The number of benzene rings is 2. The first-order valence-electron chi connectivity index (χ1n) is 8.37. The van der Waals surface area contributed by atoms with Crippen molar-refractivity contribution in [1.82, 2.24) is 0 Å². The molecule has 7 heteroatoms. The molecule has 0 bridgehead atoms. The smallest absolute Gasteiger partial charge is 0.347 e. The Morgan fingerprint density at radius 1 is 0.889 bits per heavy atom. The highest BCUT2D eigenvalue weighted by Crippen LogP contribution is 2.10. The SMILES string of the molecule is Cc1ccc(OCCOCCC(C(=O)O)=S(=O)=O)cc1.Cc1ccccc1. The van der Waals surface area contributed by atoms with Crippen molar-refractivity contribution in [2.75, 3.05) is 19.8 Å². The molecule has 6 nitrogen and oxygen atoms in total. The summed E-state index contributed by atoms with van der Waals surface area (Å²) in [5, 5.41) is 8.61. The van der Waals surface area contributed by atoms with Crippen molar-refractivity contribution in [2.24, 2.45) is 0 Å². The van der Waals surface area contributed by atoms with E-state index in [1.807, 2.05) is 49.4 Å². The van der Waals surface area contributed by atoms with Crippen LogP contribution < -0.4 is 4.74 Å². The van der Waals surface area contributed by atoms with Gasteiger partial charge in [-0.25, -0.2) is 4.79 Å². The third-order valence-corrected chi connectivity index (χ3v) is 4.15. The molecule has 0 aliphatic carbocycles. The molecular formula is C20H24O6S. The Hall–Kier alpha value is -2.64. The van der Waals surface area contributed by atoms with E-state index in [4.69, 9.17) is 14.6 Å². The lowest BCUT2D eigenvalue weighted by molar-refractivity contribution is -0.129. The van der Waals surface area contributed by atoms with Gasteiger partial charge in [0.1, 0.15) is 12.4 Å². The average molecular weight is 392 g/mol. The van der Waals surface area contributed by atoms with Crippen molar-refractivity contribution in [1.29, 1.82) is 0 Å². The van der Waals surface area contributed by atoms with Gasteiger partial charge in [-0.2, -0.15) is 8.42 Å². The summed E-state index contributed by atoms with van der Waals surface area (Å²) in [5.74, 6) is -0.726. The van der Waals surface area contributed by atoms with Gasteiger partial charge < -0.3 is 14.6 Å². The topological polar surface area (TPSA) is 89.9 Å². The van der Waals surface area contributed by atoms with Crippen LogP contribution in [-0.2, 0) is 19.8 Å². The van der Waals surface area contributed by atoms with E-state index in [9.17, 15) is 13.2 Å². The fourth-order valence-electron chi connectivity index (χ4n) is 1.92. The third kappa shape index (κ3) is 10.2. The summed E-state index contributed by atoms with van der Waals surface area (Å²) in [6.07, 6.45) is -0.157. The number of rotatable bonds is 8. The Morgan fingerprint density at radius 2 is 1.48 bits per heavy atom. The maximum absolute atomic E-state index is 10.6. The van der Waals surface area contributed by atoms with E-state index < -0.39 is 21.1 Å². The van der Waals surface area contributed by atoms with Crippen molar-refractivity contribution >= 4 is 21.1 Å². The van der Waals surface area contributed by atoms with Gasteiger partial charge in [-0.1, -0.05) is 53.6 Å². The highest BCUT2D eigenvalue weighted by molar-refractivity contribution is 7.74. The minimum absolute atomic E-state index is 0.0207. The van der Waals surface area contributed by atoms with Gasteiger partial charge >= 0.3 is 5.97 Å². The maximum atomic E-state index is 10.6. The highest BCUT2D eigenvalue weighted by atomic mass is 32.2. The molecule has 0 radical (unpaired) electrons. The van der Waals surface area contributed by atoms with Crippen molar-refractivity contribution in [3.05, 3.63) is 65.7 Å². The molecule has 27 heavy (non-hydrogen) atoms. The van der Waals surface area contributed by atoms with Crippen molar-refractivity contribution in [3.8, 4) is 5.75 Å². The van der Waals surface area contributed by atoms with Crippen LogP contribution >= 0.6 is 0 Å². The Labute approximate surface area is 160 Å². The molecule has 0 heterocycles. The fourth-order valence-corrected chi connectivity index (χ4v) is 2.31.